The average molecular weight is 236 g/mol. The number of amides is 1. The molecular weight excluding hydrogens is 225 g/mol. The molecule has 1 aromatic heterocycles. The molecule has 0 fully saturated rings. The predicted octanol–water partition coefficient (Wildman–Crippen LogP) is 0.105. The zero-order chi connectivity index (χ0) is 12.6. The van der Waals surface area contributed by atoms with Gasteiger partial charge in [-0.05, 0) is 13.0 Å². The summed E-state index contributed by atoms with van der Waals surface area (Å²) in [6.07, 6.45) is -3.42. The van der Waals surface area contributed by atoms with Crippen LogP contribution in [0, 0.1) is 0 Å². The molecule has 5 nitrogen and oxygen atoms in total. The molecule has 90 valence electrons. The van der Waals surface area contributed by atoms with Crippen LogP contribution < -0.4 is 11.5 Å². The van der Waals surface area contributed by atoms with Crippen molar-refractivity contribution in [2.24, 2.45) is 11.5 Å². The third kappa shape index (κ3) is 2.72. The summed E-state index contributed by atoms with van der Waals surface area (Å²) in [7, 11) is 0. The van der Waals surface area contributed by atoms with Gasteiger partial charge < -0.3 is 11.5 Å². The maximum atomic E-state index is 12.2. The quantitative estimate of drug-likeness (QED) is 0.780. The van der Waals surface area contributed by atoms with Gasteiger partial charge in [0.2, 0.25) is 5.91 Å². The highest BCUT2D eigenvalue weighted by molar-refractivity contribution is 5.83. The monoisotopic (exact) mass is 236 g/mol. The van der Waals surface area contributed by atoms with Crippen LogP contribution in [0.4, 0.5) is 13.2 Å². The number of aromatic nitrogens is 2. The lowest BCUT2D eigenvalue weighted by atomic mass is 10.0. The Morgan fingerprint density at radius 2 is 2.12 bits per heavy atom. The van der Waals surface area contributed by atoms with Crippen molar-refractivity contribution < 1.29 is 18.0 Å². The molecule has 16 heavy (non-hydrogen) atoms. The van der Waals surface area contributed by atoms with Crippen LogP contribution in [-0.2, 0) is 17.5 Å². The Morgan fingerprint density at radius 3 is 2.50 bits per heavy atom. The third-order valence-corrected chi connectivity index (χ3v) is 1.98. The molecule has 0 aliphatic carbocycles. The Labute approximate surface area is 89.2 Å². The van der Waals surface area contributed by atoms with Gasteiger partial charge in [-0.3, -0.25) is 9.48 Å². The minimum atomic E-state index is -4.51. The van der Waals surface area contributed by atoms with Crippen LogP contribution >= 0.6 is 0 Å². The highest BCUT2D eigenvalue weighted by Crippen LogP contribution is 2.27. The predicted molar refractivity (Wildman–Crippen MR) is 49.0 cm³/mol. The van der Waals surface area contributed by atoms with Crippen LogP contribution in [0.3, 0.4) is 0 Å². The number of nitrogens with two attached hydrogens (primary N) is 2. The van der Waals surface area contributed by atoms with Crippen molar-refractivity contribution in [2.75, 3.05) is 0 Å². The van der Waals surface area contributed by atoms with Gasteiger partial charge >= 0.3 is 6.18 Å². The Hall–Kier alpha value is -1.57. The molecule has 0 aliphatic rings. The lowest BCUT2D eigenvalue weighted by Gasteiger charge is -2.19. The third-order valence-electron chi connectivity index (χ3n) is 1.98. The van der Waals surface area contributed by atoms with E-state index < -0.39 is 23.3 Å². The molecule has 1 heterocycles. The summed E-state index contributed by atoms with van der Waals surface area (Å²) < 4.78 is 37.5. The number of primary amides is 1. The molecule has 1 atom stereocenters. The van der Waals surface area contributed by atoms with Gasteiger partial charge in [0, 0.05) is 6.20 Å². The number of carbonyl (C=O) groups excluding carboxylic acids is 1. The maximum Gasteiger partial charge on any atom is 0.435 e. The van der Waals surface area contributed by atoms with Crippen molar-refractivity contribution in [3.8, 4) is 0 Å². The second kappa shape index (κ2) is 3.78. The Kier molecular flexibility index (Phi) is 2.95. The fourth-order valence-electron chi connectivity index (χ4n) is 1.02. The second-order valence-electron chi connectivity index (χ2n) is 3.68. The van der Waals surface area contributed by atoms with Crippen molar-refractivity contribution in [3.63, 3.8) is 0 Å². The minimum Gasteiger partial charge on any atom is -0.368 e. The number of rotatable bonds is 3. The summed E-state index contributed by atoms with van der Waals surface area (Å²) >= 11 is 0. The fourth-order valence-corrected chi connectivity index (χ4v) is 1.02. The molecular formula is C8H11F3N4O. The van der Waals surface area contributed by atoms with Gasteiger partial charge in [-0.15, -0.1) is 0 Å². The first-order valence-corrected chi connectivity index (χ1v) is 4.32. The van der Waals surface area contributed by atoms with Gasteiger partial charge in [0.1, 0.15) is 5.54 Å². The number of hydrogen-bond acceptors (Lipinski definition) is 3. The standard InChI is InChI=1S/C8H11F3N4O/c1-7(13,6(12)16)4-15-3-2-5(14-15)8(9,10)11/h2-3H,4,13H2,1H3,(H2,12,16). The van der Waals surface area contributed by atoms with E-state index in [1.807, 2.05) is 0 Å². The van der Waals surface area contributed by atoms with Gasteiger partial charge in [-0.2, -0.15) is 18.3 Å². The summed E-state index contributed by atoms with van der Waals surface area (Å²) in [5.41, 5.74) is 8.01. The molecule has 0 radical (unpaired) electrons. The molecule has 0 aromatic carbocycles. The van der Waals surface area contributed by atoms with E-state index in [0.29, 0.717) is 0 Å². The highest BCUT2D eigenvalue weighted by Gasteiger charge is 2.34. The van der Waals surface area contributed by atoms with Crippen LogP contribution in [0.25, 0.3) is 0 Å². The first-order valence-electron chi connectivity index (χ1n) is 4.32. The molecule has 1 aromatic rings. The lowest BCUT2D eigenvalue weighted by molar-refractivity contribution is -0.141. The highest BCUT2D eigenvalue weighted by atomic mass is 19.4. The van der Waals surface area contributed by atoms with Gasteiger partial charge in [0.15, 0.2) is 5.69 Å². The van der Waals surface area contributed by atoms with Gasteiger partial charge in [0.25, 0.3) is 0 Å². The number of alkyl halides is 3. The fraction of sp³-hybridized carbons (Fsp3) is 0.500. The molecule has 0 saturated heterocycles. The topological polar surface area (TPSA) is 86.9 Å². The van der Waals surface area contributed by atoms with Crippen LogP contribution in [0.1, 0.15) is 12.6 Å². The van der Waals surface area contributed by atoms with Gasteiger partial charge in [0.05, 0.1) is 6.54 Å². The molecule has 1 unspecified atom stereocenters. The second-order valence-corrected chi connectivity index (χ2v) is 3.68. The van der Waals surface area contributed by atoms with E-state index in [0.717, 1.165) is 16.9 Å². The van der Waals surface area contributed by atoms with E-state index in [-0.39, 0.29) is 6.54 Å². The van der Waals surface area contributed by atoms with E-state index in [1.54, 1.807) is 0 Å². The van der Waals surface area contributed by atoms with Crippen LogP contribution in [-0.4, -0.2) is 21.2 Å². The number of hydrogen-bond donors (Lipinski definition) is 2. The van der Waals surface area contributed by atoms with Crippen molar-refractivity contribution in [1.29, 1.82) is 0 Å². The summed E-state index contributed by atoms with van der Waals surface area (Å²) in [6.45, 7) is 1.11. The van der Waals surface area contributed by atoms with Crippen LogP contribution in [0.5, 0.6) is 0 Å². The zero-order valence-electron chi connectivity index (χ0n) is 8.45. The van der Waals surface area contributed by atoms with Crippen molar-refractivity contribution in [3.05, 3.63) is 18.0 Å². The summed E-state index contributed by atoms with van der Waals surface area (Å²) in [5.74, 6) is -0.809. The molecule has 0 bridgehead atoms. The van der Waals surface area contributed by atoms with Crippen LogP contribution in [0.2, 0.25) is 0 Å². The molecule has 0 saturated carbocycles. The Morgan fingerprint density at radius 1 is 1.56 bits per heavy atom. The van der Waals surface area contributed by atoms with Crippen molar-refractivity contribution in [2.45, 2.75) is 25.2 Å². The lowest BCUT2D eigenvalue weighted by Crippen LogP contribution is -2.52. The van der Waals surface area contributed by atoms with E-state index >= 15 is 0 Å². The zero-order valence-corrected chi connectivity index (χ0v) is 8.45. The molecule has 0 spiro atoms. The SMILES string of the molecule is CC(N)(Cn1ccc(C(F)(F)F)n1)C(N)=O. The molecule has 0 aliphatic heterocycles. The number of halogens is 3. The molecule has 4 N–H and O–H groups in total. The normalized spacial score (nSPS) is 15.8. The van der Waals surface area contributed by atoms with E-state index in [4.69, 9.17) is 11.5 Å². The largest absolute Gasteiger partial charge is 0.435 e. The Balaban J connectivity index is 2.85. The first-order chi connectivity index (χ1) is 7.13. The number of nitrogens with zero attached hydrogens (tertiary/aromatic N) is 2. The summed E-state index contributed by atoms with van der Waals surface area (Å²) in [5, 5.41) is 3.25. The number of carbonyl (C=O) groups is 1. The summed E-state index contributed by atoms with van der Waals surface area (Å²) in [6, 6.07) is 0.803. The van der Waals surface area contributed by atoms with E-state index in [9.17, 15) is 18.0 Å². The van der Waals surface area contributed by atoms with Crippen molar-refractivity contribution >= 4 is 5.91 Å². The van der Waals surface area contributed by atoms with Crippen LogP contribution in [0.15, 0.2) is 12.3 Å². The van der Waals surface area contributed by atoms with Crippen molar-refractivity contribution in [1.82, 2.24) is 9.78 Å². The van der Waals surface area contributed by atoms with E-state index in [1.165, 1.54) is 6.92 Å². The Bertz CT molecular complexity index is 396. The van der Waals surface area contributed by atoms with E-state index in [2.05, 4.69) is 5.10 Å². The van der Waals surface area contributed by atoms with Gasteiger partial charge in [-0.25, -0.2) is 0 Å². The molecule has 1 rings (SSSR count). The smallest absolute Gasteiger partial charge is 0.368 e. The summed E-state index contributed by atoms with van der Waals surface area (Å²) in [4.78, 5) is 10.9. The molecule has 8 heteroatoms. The van der Waals surface area contributed by atoms with Gasteiger partial charge in [-0.1, -0.05) is 0 Å². The maximum absolute atomic E-state index is 12.2. The average Bonchev–Trinajstić information content (AvgIpc) is 2.50. The molecule has 1 amide bonds. The minimum absolute atomic E-state index is 0.210. The first kappa shape index (κ1) is 12.5.